The highest BCUT2D eigenvalue weighted by atomic mass is 14.9. The van der Waals surface area contributed by atoms with Crippen molar-refractivity contribution < 1.29 is 0 Å². The Balaban J connectivity index is 2.27. The van der Waals surface area contributed by atoms with Crippen molar-refractivity contribution in [3.05, 3.63) is 0 Å². The lowest BCUT2D eigenvalue weighted by molar-refractivity contribution is 0.435. The molecule has 0 spiro atoms. The molecular weight excluding hydrogens is 134 g/mol. The van der Waals surface area contributed by atoms with Crippen LogP contribution >= 0.6 is 0 Å². The summed E-state index contributed by atoms with van der Waals surface area (Å²) >= 11 is 0. The summed E-state index contributed by atoms with van der Waals surface area (Å²) in [7, 11) is 2.09. The normalized spacial score (nSPS) is 33.3. The van der Waals surface area contributed by atoms with Crippen LogP contribution in [0, 0.1) is 5.92 Å². The van der Waals surface area contributed by atoms with Crippen molar-refractivity contribution in [2.24, 2.45) is 5.92 Å². The van der Waals surface area contributed by atoms with E-state index >= 15 is 0 Å². The first kappa shape index (κ1) is 9.05. The van der Waals surface area contributed by atoms with Gasteiger partial charge in [-0.1, -0.05) is 26.2 Å². The Hall–Kier alpha value is -0.0400. The molecule has 66 valence electrons. The number of nitrogens with one attached hydrogen (secondary N) is 1. The van der Waals surface area contributed by atoms with Gasteiger partial charge in [0, 0.05) is 6.04 Å². The van der Waals surface area contributed by atoms with Gasteiger partial charge in [-0.15, -0.1) is 0 Å². The molecule has 1 rings (SSSR count). The molecule has 0 bridgehead atoms. The Bertz CT molecular complexity index is 89.0. The predicted octanol–water partition coefficient (Wildman–Crippen LogP) is 2.56. The van der Waals surface area contributed by atoms with Crippen LogP contribution in [-0.2, 0) is 0 Å². The van der Waals surface area contributed by atoms with Crippen LogP contribution in [0.4, 0.5) is 0 Å². The highest BCUT2D eigenvalue weighted by molar-refractivity contribution is 4.72. The average Bonchev–Trinajstić information content (AvgIpc) is 2.28. The van der Waals surface area contributed by atoms with Gasteiger partial charge in [-0.25, -0.2) is 0 Å². The molecule has 0 amide bonds. The third-order valence-electron chi connectivity index (χ3n) is 3.07. The van der Waals surface area contributed by atoms with Crippen LogP contribution < -0.4 is 5.32 Å². The molecule has 0 aromatic heterocycles. The summed E-state index contributed by atoms with van der Waals surface area (Å²) in [5, 5.41) is 3.39. The minimum atomic E-state index is 0.812. The Morgan fingerprint density at radius 3 is 2.64 bits per heavy atom. The lowest BCUT2D eigenvalue weighted by Gasteiger charge is -2.12. The van der Waals surface area contributed by atoms with Gasteiger partial charge in [0.2, 0.25) is 0 Å². The van der Waals surface area contributed by atoms with E-state index in [9.17, 15) is 0 Å². The zero-order valence-electron chi connectivity index (χ0n) is 7.90. The maximum atomic E-state index is 3.39. The zero-order chi connectivity index (χ0) is 8.10. The second kappa shape index (κ2) is 4.76. The van der Waals surface area contributed by atoms with Crippen LogP contribution in [0.15, 0.2) is 0 Å². The van der Waals surface area contributed by atoms with Crippen molar-refractivity contribution >= 4 is 0 Å². The van der Waals surface area contributed by atoms with E-state index in [-0.39, 0.29) is 0 Å². The van der Waals surface area contributed by atoms with E-state index in [2.05, 4.69) is 19.3 Å². The van der Waals surface area contributed by atoms with Crippen LogP contribution in [-0.4, -0.2) is 13.1 Å². The Labute approximate surface area is 70.6 Å². The predicted molar refractivity (Wildman–Crippen MR) is 49.7 cm³/mol. The average molecular weight is 155 g/mol. The van der Waals surface area contributed by atoms with E-state index in [0.717, 1.165) is 12.0 Å². The Morgan fingerprint density at radius 2 is 2.00 bits per heavy atom. The zero-order valence-corrected chi connectivity index (χ0v) is 7.90. The molecule has 0 radical (unpaired) electrons. The van der Waals surface area contributed by atoms with Gasteiger partial charge in [0.05, 0.1) is 0 Å². The fourth-order valence-corrected chi connectivity index (χ4v) is 2.08. The third-order valence-corrected chi connectivity index (χ3v) is 3.07. The monoisotopic (exact) mass is 155 g/mol. The molecule has 2 atom stereocenters. The lowest BCUT2D eigenvalue weighted by Crippen LogP contribution is -2.23. The van der Waals surface area contributed by atoms with E-state index in [1.165, 1.54) is 38.5 Å². The number of hydrogen-bond donors (Lipinski definition) is 1. The summed E-state index contributed by atoms with van der Waals surface area (Å²) in [6.07, 6.45) is 8.53. The molecule has 0 aromatic rings. The fraction of sp³-hybridized carbons (Fsp3) is 1.00. The van der Waals surface area contributed by atoms with Gasteiger partial charge >= 0.3 is 0 Å². The Kier molecular flexibility index (Phi) is 3.92. The second-order valence-corrected chi connectivity index (χ2v) is 3.77. The van der Waals surface area contributed by atoms with Crippen LogP contribution in [0.2, 0.25) is 0 Å². The SMILES string of the molecule is CCC1CCC[C@@H](NC)CC1. The highest BCUT2D eigenvalue weighted by Crippen LogP contribution is 2.24. The number of rotatable bonds is 2. The van der Waals surface area contributed by atoms with Crippen molar-refractivity contribution in [1.29, 1.82) is 0 Å². The second-order valence-electron chi connectivity index (χ2n) is 3.77. The van der Waals surface area contributed by atoms with Crippen molar-refractivity contribution in [3.8, 4) is 0 Å². The van der Waals surface area contributed by atoms with Gasteiger partial charge in [0.15, 0.2) is 0 Å². The summed E-state index contributed by atoms with van der Waals surface area (Å²) < 4.78 is 0. The fourth-order valence-electron chi connectivity index (χ4n) is 2.08. The van der Waals surface area contributed by atoms with Crippen molar-refractivity contribution in [3.63, 3.8) is 0 Å². The molecule has 1 aliphatic rings. The summed E-state index contributed by atoms with van der Waals surface area (Å²) in [4.78, 5) is 0. The molecule has 1 aliphatic carbocycles. The molecule has 1 heteroatoms. The summed E-state index contributed by atoms with van der Waals surface area (Å²) in [6, 6.07) is 0.812. The molecule has 0 heterocycles. The first-order chi connectivity index (χ1) is 5.36. The van der Waals surface area contributed by atoms with E-state index in [0.29, 0.717) is 0 Å². The van der Waals surface area contributed by atoms with Crippen molar-refractivity contribution in [2.75, 3.05) is 7.05 Å². The standard InChI is InChI=1S/C10H21N/c1-3-9-5-4-6-10(11-2)8-7-9/h9-11H,3-8H2,1-2H3/t9?,10-/m1/s1. The summed E-state index contributed by atoms with van der Waals surface area (Å²) in [5.41, 5.74) is 0. The quantitative estimate of drug-likeness (QED) is 0.604. The van der Waals surface area contributed by atoms with Crippen LogP contribution in [0.3, 0.4) is 0 Å². The maximum absolute atomic E-state index is 3.39. The third kappa shape index (κ3) is 2.82. The minimum absolute atomic E-state index is 0.812. The van der Waals surface area contributed by atoms with Crippen LogP contribution in [0.25, 0.3) is 0 Å². The molecule has 1 saturated carbocycles. The van der Waals surface area contributed by atoms with Crippen LogP contribution in [0.5, 0.6) is 0 Å². The molecule has 0 saturated heterocycles. The highest BCUT2D eigenvalue weighted by Gasteiger charge is 2.15. The van der Waals surface area contributed by atoms with E-state index < -0.39 is 0 Å². The largest absolute Gasteiger partial charge is 0.317 e. The smallest absolute Gasteiger partial charge is 0.00641 e. The Morgan fingerprint density at radius 1 is 1.18 bits per heavy atom. The van der Waals surface area contributed by atoms with Gasteiger partial charge < -0.3 is 5.32 Å². The van der Waals surface area contributed by atoms with Gasteiger partial charge in [0.25, 0.3) is 0 Å². The van der Waals surface area contributed by atoms with E-state index in [1.54, 1.807) is 0 Å². The number of hydrogen-bond acceptors (Lipinski definition) is 1. The summed E-state index contributed by atoms with van der Waals surface area (Å²) in [6.45, 7) is 2.32. The first-order valence-electron chi connectivity index (χ1n) is 5.04. The topological polar surface area (TPSA) is 12.0 Å². The summed E-state index contributed by atoms with van der Waals surface area (Å²) in [5.74, 6) is 1.02. The molecule has 1 nitrogen and oxygen atoms in total. The molecule has 1 fully saturated rings. The van der Waals surface area contributed by atoms with Crippen LogP contribution in [0.1, 0.15) is 45.4 Å². The molecular formula is C10H21N. The molecule has 11 heavy (non-hydrogen) atoms. The molecule has 1 unspecified atom stereocenters. The first-order valence-corrected chi connectivity index (χ1v) is 5.04. The lowest BCUT2D eigenvalue weighted by atomic mass is 9.98. The minimum Gasteiger partial charge on any atom is -0.317 e. The maximum Gasteiger partial charge on any atom is 0.00641 e. The van der Waals surface area contributed by atoms with Crippen molar-refractivity contribution in [1.82, 2.24) is 5.32 Å². The van der Waals surface area contributed by atoms with Gasteiger partial charge in [0.1, 0.15) is 0 Å². The van der Waals surface area contributed by atoms with Crippen molar-refractivity contribution in [2.45, 2.75) is 51.5 Å². The van der Waals surface area contributed by atoms with E-state index in [4.69, 9.17) is 0 Å². The van der Waals surface area contributed by atoms with E-state index in [1.807, 2.05) is 0 Å². The molecule has 0 aliphatic heterocycles. The van der Waals surface area contributed by atoms with Gasteiger partial charge in [-0.2, -0.15) is 0 Å². The molecule has 1 N–H and O–H groups in total. The van der Waals surface area contributed by atoms with Gasteiger partial charge in [-0.05, 0) is 32.2 Å². The van der Waals surface area contributed by atoms with Gasteiger partial charge in [-0.3, -0.25) is 0 Å². The molecule has 0 aromatic carbocycles.